The lowest BCUT2D eigenvalue weighted by molar-refractivity contribution is 0.0693. The van der Waals surface area contributed by atoms with Crippen LogP contribution in [0.1, 0.15) is 56.8 Å². The summed E-state index contributed by atoms with van der Waals surface area (Å²) in [5.74, 6) is 0.896. The quantitative estimate of drug-likeness (QED) is 0.366. The van der Waals surface area contributed by atoms with E-state index in [1.165, 1.54) is 18.2 Å². The maximum absolute atomic E-state index is 13.9. The molecule has 1 unspecified atom stereocenters. The molecule has 4 aromatic rings. The van der Waals surface area contributed by atoms with Gasteiger partial charge in [0, 0.05) is 37.5 Å². The molecular weight excluding hydrogens is 534 g/mol. The van der Waals surface area contributed by atoms with Crippen molar-refractivity contribution in [2.45, 2.75) is 32.4 Å². The Morgan fingerprint density at radius 3 is 2.67 bits per heavy atom. The van der Waals surface area contributed by atoms with Crippen LogP contribution in [0.5, 0.6) is 23.0 Å². The van der Waals surface area contributed by atoms with Gasteiger partial charge in [0.25, 0.3) is 17.4 Å². The van der Waals surface area contributed by atoms with Gasteiger partial charge in [0.1, 0.15) is 23.0 Å². The van der Waals surface area contributed by atoms with Crippen molar-refractivity contribution in [2.24, 2.45) is 0 Å². The number of nitrogens with one attached hydrogen (secondary N) is 1. The normalized spacial score (nSPS) is 16.5. The van der Waals surface area contributed by atoms with Crippen LogP contribution >= 0.6 is 0 Å². The average molecular weight is 566 g/mol. The van der Waals surface area contributed by atoms with Gasteiger partial charge < -0.3 is 29.4 Å². The molecule has 0 radical (unpaired) electrons. The van der Waals surface area contributed by atoms with E-state index in [0.29, 0.717) is 61.9 Å². The van der Waals surface area contributed by atoms with Gasteiger partial charge >= 0.3 is 0 Å². The van der Waals surface area contributed by atoms with Crippen molar-refractivity contribution >= 4 is 11.8 Å². The van der Waals surface area contributed by atoms with Crippen molar-refractivity contribution in [3.63, 3.8) is 0 Å². The van der Waals surface area contributed by atoms with Crippen LogP contribution < -0.4 is 20.3 Å². The maximum Gasteiger partial charge on any atom is 0.255 e. The van der Waals surface area contributed by atoms with Gasteiger partial charge in [0.15, 0.2) is 0 Å². The minimum absolute atomic E-state index is 0.126. The molecule has 214 valence electrons. The largest absolute Gasteiger partial charge is 0.507 e. The number of hydrogen-bond acceptors (Lipinski definition) is 6. The van der Waals surface area contributed by atoms with Gasteiger partial charge in [0.2, 0.25) is 0 Å². The zero-order valence-electron chi connectivity index (χ0n) is 23.2. The monoisotopic (exact) mass is 565 g/mol. The first kappa shape index (κ1) is 27.1. The number of hydrogen-bond donors (Lipinski definition) is 2. The molecule has 3 aromatic carbocycles. The summed E-state index contributed by atoms with van der Waals surface area (Å²) in [6, 6.07) is 20.7. The highest BCUT2D eigenvalue weighted by atomic mass is 16.5. The number of fused-ring (bicyclic) bond motifs is 6. The molecule has 0 aliphatic carbocycles. The number of carbonyl (C=O) groups excluding carboxylic acids is 2. The fraction of sp³-hybridized carbons (Fsp3) is 0.242. The Balaban J connectivity index is 1.43. The Hall–Kier alpha value is -5.05. The maximum atomic E-state index is 13.9. The molecule has 8 bridgehead atoms. The van der Waals surface area contributed by atoms with Crippen LogP contribution in [-0.2, 0) is 13.0 Å². The molecule has 9 nitrogen and oxygen atoms in total. The molecule has 1 aromatic heterocycles. The van der Waals surface area contributed by atoms with Crippen LogP contribution in [0.15, 0.2) is 83.8 Å². The summed E-state index contributed by atoms with van der Waals surface area (Å²) in [4.78, 5) is 41.0. The second-order valence-corrected chi connectivity index (χ2v) is 10.4. The van der Waals surface area contributed by atoms with E-state index in [9.17, 15) is 19.5 Å². The van der Waals surface area contributed by atoms with E-state index in [1.807, 2.05) is 54.3 Å². The summed E-state index contributed by atoms with van der Waals surface area (Å²) in [5.41, 5.74) is 3.12. The zero-order chi connectivity index (χ0) is 29.2. The summed E-state index contributed by atoms with van der Waals surface area (Å²) >= 11 is 0. The predicted molar refractivity (Wildman–Crippen MR) is 156 cm³/mol. The van der Waals surface area contributed by atoms with Crippen LogP contribution in [-0.4, -0.2) is 46.1 Å². The predicted octanol–water partition coefficient (Wildman–Crippen LogP) is 4.67. The topological polar surface area (TPSA) is 110 Å². The minimum Gasteiger partial charge on any atom is -0.507 e. The number of phenols is 1. The fourth-order valence-corrected chi connectivity index (χ4v) is 5.54. The second-order valence-electron chi connectivity index (χ2n) is 10.4. The van der Waals surface area contributed by atoms with Gasteiger partial charge in [-0.15, -0.1) is 0 Å². The van der Waals surface area contributed by atoms with Crippen LogP contribution in [0.2, 0.25) is 0 Å². The van der Waals surface area contributed by atoms with Crippen LogP contribution in [0, 0.1) is 0 Å². The molecular formula is C33H31N3O6. The van der Waals surface area contributed by atoms with Crippen LogP contribution in [0.3, 0.4) is 0 Å². The lowest BCUT2D eigenvalue weighted by Crippen LogP contribution is -2.41. The highest BCUT2D eigenvalue weighted by molar-refractivity contribution is 5.97. The van der Waals surface area contributed by atoms with E-state index < -0.39 is 11.9 Å². The molecule has 3 aliphatic rings. The Morgan fingerprint density at radius 1 is 1.00 bits per heavy atom. The SMILES string of the molecule is CCn1ccc(C(=O)N2CCc3cc4ccc3C2c2cccc(c2)OCCCNC(=O)c2cc(ccc2O)O4)cc1=O. The highest BCUT2D eigenvalue weighted by Gasteiger charge is 2.33. The third kappa shape index (κ3) is 5.33. The molecule has 0 saturated carbocycles. The molecule has 42 heavy (non-hydrogen) atoms. The molecule has 0 fully saturated rings. The molecule has 2 amide bonds. The third-order valence-corrected chi connectivity index (χ3v) is 7.68. The second kappa shape index (κ2) is 11.4. The van der Waals surface area contributed by atoms with Crippen molar-refractivity contribution in [1.29, 1.82) is 0 Å². The number of carbonyl (C=O) groups is 2. The van der Waals surface area contributed by atoms with Crippen molar-refractivity contribution in [3.8, 4) is 23.0 Å². The molecule has 2 N–H and O–H groups in total. The van der Waals surface area contributed by atoms with E-state index in [4.69, 9.17) is 9.47 Å². The summed E-state index contributed by atoms with van der Waals surface area (Å²) in [5, 5.41) is 13.1. The van der Waals surface area contributed by atoms with Crippen molar-refractivity contribution in [1.82, 2.24) is 14.8 Å². The lowest BCUT2D eigenvalue weighted by atomic mass is 9.87. The number of benzene rings is 3. The van der Waals surface area contributed by atoms with E-state index in [1.54, 1.807) is 22.9 Å². The van der Waals surface area contributed by atoms with Crippen LogP contribution in [0.4, 0.5) is 0 Å². The smallest absolute Gasteiger partial charge is 0.255 e. The van der Waals surface area contributed by atoms with Gasteiger partial charge in [-0.2, -0.15) is 0 Å². The molecule has 1 atom stereocenters. The summed E-state index contributed by atoms with van der Waals surface area (Å²) in [6.07, 6.45) is 2.79. The van der Waals surface area contributed by atoms with Gasteiger partial charge in [-0.05, 0) is 85.0 Å². The minimum atomic E-state index is -0.411. The Labute approximate surface area is 242 Å². The first-order valence-corrected chi connectivity index (χ1v) is 14.1. The molecule has 3 aliphatic heterocycles. The molecule has 7 rings (SSSR count). The number of phenolic OH excluding ortho intramolecular Hbond substituents is 1. The van der Waals surface area contributed by atoms with Gasteiger partial charge in [-0.25, -0.2) is 0 Å². The lowest BCUT2D eigenvalue weighted by Gasteiger charge is -2.38. The number of aryl methyl sites for hydroxylation is 1. The Bertz CT molecular complexity index is 1730. The number of ether oxygens (including phenoxy) is 2. The summed E-state index contributed by atoms with van der Waals surface area (Å²) in [7, 11) is 0. The standard InChI is InChI=1S/C33H31N3O6/c1-2-35-14-11-23(19-30(35)38)33(40)36-15-12-21-17-25-7-9-27(21)31(36)22-5-3-6-24(18-22)41-16-4-13-34-32(39)28-20-26(42-25)8-10-29(28)37/h3,5-11,14,17-20,31,37H,2,4,12-13,15-16H2,1H3,(H,34,39). The first-order valence-electron chi connectivity index (χ1n) is 14.1. The van der Waals surface area contributed by atoms with Crippen molar-refractivity contribution < 1.29 is 24.2 Å². The molecule has 4 heterocycles. The number of rotatable bonds is 2. The molecule has 0 spiro atoms. The first-order chi connectivity index (χ1) is 20.4. The van der Waals surface area contributed by atoms with E-state index in [2.05, 4.69) is 5.32 Å². The van der Waals surface area contributed by atoms with Crippen molar-refractivity contribution in [2.75, 3.05) is 19.7 Å². The highest BCUT2D eigenvalue weighted by Crippen LogP contribution is 2.39. The van der Waals surface area contributed by atoms with Gasteiger partial charge in [-0.1, -0.05) is 18.2 Å². The van der Waals surface area contributed by atoms with E-state index in [-0.39, 0.29) is 22.8 Å². The van der Waals surface area contributed by atoms with Crippen molar-refractivity contribution in [3.05, 3.63) is 117 Å². The van der Waals surface area contributed by atoms with Crippen LogP contribution in [0.25, 0.3) is 0 Å². The molecule has 0 saturated heterocycles. The average Bonchev–Trinajstić information content (AvgIpc) is 3.00. The number of amides is 2. The van der Waals surface area contributed by atoms with E-state index in [0.717, 1.165) is 16.7 Å². The van der Waals surface area contributed by atoms with Gasteiger partial charge in [0.05, 0.1) is 18.2 Å². The Kier molecular flexibility index (Phi) is 7.39. The number of pyridine rings is 1. The fourth-order valence-electron chi connectivity index (χ4n) is 5.54. The summed E-state index contributed by atoms with van der Waals surface area (Å²) < 4.78 is 13.7. The number of nitrogens with zero attached hydrogens (tertiary/aromatic N) is 2. The molecule has 9 heteroatoms. The van der Waals surface area contributed by atoms with E-state index >= 15 is 0 Å². The third-order valence-electron chi connectivity index (χ3n) is 7.68. The van der Waals surface area contributed by atoms with Gasteiger partial charge in [-0.3, -0.25) is 14.4 Å². The zero-order valence-corrected chi connectivity index (χ0v) is 23.2. The number of aromatic hydroxyl groups is 1. The summed E-state index contributed by atoms with van der Waals surface area (Å²) in [6.45, 7) is 3.57. The number of aromatic nitrogens is 1. The Morgan fingerprint density at radius 2 is 1.83 bits per heavy atom.